The van der Waals surface area contributed by atoms with Crippen molar-refractivity contribution in [2.24, 2.45) is 0 Å². The van der Waals surface area contributed by atoms with Crippen molar-refractivity contribution < 1.29 is 23.0 Å². The summed E-state index contributed by atoms with van der Waals surface area (Å²) in [5.74, 6) is 0.184. The molecule has 0 aliphatic carbocycles. The summed E-state index contributed by atoms with van der Waals surface area (Å²) in [5.41, 5.74) is -0.294. The number of nitrogens with zero attached hydrogens (tertiary/aromatic N) is 5. The second kappa shape index (κ2) is 7.65. The summed E-state index contributed by atoms with van der Waals surface area (Å²) < 4.78 is 45.6. The van der Waals surface area contributed by atoms with E-state index in [1.54, 1.807) is 16.8 Å². The van der Waals surface area contributed by atoms with Crippen LogP contribution in [0.25, 0.3) is 17.0 Å². The molecule has 0 bridgehead atoms. The number of hydrogen-bond donors (Lipinski definition) is 2. The zero-order valence-corrected chi connectivity index (χ0v) is 16.5. The number of fused-ring (bicyclic) bond motifs is 1. The van der Waals surface area contributed by atoms with E-state index in [2.05, 4.69) is 25.4 Å². The van der Waals surface area contributed by atoms with Crippen LogP contribution in [0.15, 0.2) is 30.6 Å². The first kappa shape index (κ1) is 20.0. The number of imidazole rings is 1. The quantitative estimate of drug-likeness (QED) is 0.653. The van der Waals surface area contributed by atoms with Crippen LogP contribution in [0, 0.1) is 0 Å². The van der Waals surface area contributed by atoms with E-state index in [4.69, 9.17) is 4.74 Å². The minimum absolute atomic E-state index is 0.142. The second-order valence-corrected chi connectivity index (χ2v) is 7.89. The molecule has 5 rings (SSSR count). The number of nitrogens with one attached hydrogen (secondary N) is 1. The highest BCUT2D eigenvalue weighted by Crippen LogP contribution is 2.36. The number of piperidine rings is 1. The van der Waals surface area contributed by atoms with Crippen molar-refractivity contribution in [3.63, 3.8) is 0 Å². The molecule has 0 unspecified atom stereocenters. The summed E-state index contributed by atoms with van der Waals surface area (Å²) in [7, 11) is 0. The minimum Gasteiger partial charge on any atom is -0.507 e. The van der Waals surface area contributed by atoms with E-state index in [1.165, 1.54) is 6.07 Å². The molecule has 2 saturated heterocycles. The van der Waals surface area contributed by atoms with Gasteiger partial charge in [-0.1, -0.05) is 0 Å². The lowest BCUT2D eigenvalue weighted by atomic mass is 10.0. The molecule has 2 aromatic heterocycles. The molecule has 1 atom stereocenters. The van der Waals surface area contributed by atoms with Gasteiger partial charge in [-0.25, -0.2) is 4.98 Å². The third kappa shape index (κ3) is 3.79. The van der Waals surface area contributed by atoms with Gasteiger partial charge in [-0.15, -0.1) is 10.2 Å². The number of hydrogen-bond acceptors (Lipinski definition) is 7. The van der Waals surface area contributed by atoms with E-state index in [-0.39, 0.29) is 17.4 Å². The Hall–Kier alpha value is -2.92. The maximum atomic E-state index is 12.9. The number of phenolic OH excluding ortho intramolecular Hbond substituents is 1. The van der Waals surface area contributed by atoms with Crippen molar-refractivity contribution in [3.05, 3.63) is 36.2 Å². The fourth-order valence-corrected chi connectivity index (χ4v) is 4.10. The Labute approximate surface area is 175 Å². The van der Waals surface area contributed by atoms with E-state index in [9.17, 15) is 18.3 Å². The van der Waals surface area contributed by atoms with Gasteiger partial charge in [-0.3, -0.25) is 9.30 Å². The fourth-order valence-electron chi connectivity index (χ4n) is 4.10. The first-order chi connectivity index (χ1) is 14.9. The molecule has 2 aliphatic rings. The molecule has 11 heteroatoms. The summed E-state index contributed by atoms with van der Waals surface area (Å²) in [6.45, 7) is 3.44. The Kier molecular flexibility index (Phi) is 4.94. The molecule has 4 heterocycles. The van der Waals surface area contributed by atoms with Crippen LogP contribution in [-0.2, 0) is 10.9 Å². The summed E-state index contributed by atoms with van der Waals surface area (Å²) in [6, 6.07) is 3.43. The Morgan fingerprint density at radius 3 is 2.74 bits per heavy atom. The third-order valence-electron chi connectivity index (χ3n) is 5.82. The summed E-state index contributed by atoms with van der Waals surface area (Å²) >= 11 is 0. The predicted octanol–water partition coefficient (Wildman–Crippen LogP) is 2.79. The molecule has 2 fully saturated rings. The number of alkyl halides is 3. The largest absolute Gasteiger partial charge is 0.507 e. The van der Waals surface area contributed by atoms with Crippen LogP contribution in [0.2, 0.25) is 0 Å². The zero-order valence-electron chi connectivity index (χ0n) is 16.5. The van der Waals surface area contributed by atoms with Crippen molar-refractivity contribution >= 4 is 11.5 Å². The van der Waals surface area contributed by atoms with Gasteiger partial charge >= 0.3 is 6.18 Å². The molecule has 8 nitrogen and oxygen atoms in total. The molecular weight excluding hydrogens is 413 g/mol. The highest BCUT2D eigenvalue weighted by molar-refractivity contribution is 5.71. The molecule has 3 aromatic rings. The number of aromatic nitrogens is 4. The summed E-state index contributed by atoms with van der Waals surface area (Å²) in [4.78, 5) is 6.75. The molecule has 0 radical (unpaired) electrons. The highest BCUT2D eigenvalue weighted by atomic mass is 19.4. The Bertz CT molecular complexity index is 1100. The average molecular weight is 434 g/mol. The van der Waals surface area contributed by atoms with Gasteiger partial charge in [0.1, 0.15) is 5.75 Å². The zero-order chi connectivity index (χ0) is 21.6. The topological polar surface area (TPSA) is 87.8 Å². The van der Waals surface area contributed by atoms with E-state index in [0.717, 1.165) is 45.2 Å². The van der Waals surface area contributed by atoms with E-state index >= 15 is 0 Å². The molecule has 1 aromatic carbocycles. The molecular formula is C20H21F3N6O2. The average Bonchev–Trinajstić information content (AvgIpc) is 3.17. The number of benzene rings is 1. The van der Waals surface area contributed by atoms with Crippen LogP contribution in [0.4, 0.5) is 19.0 Å². The Balaban J connectivity index is 1.42. The molecule has 2 aliphatic heterocycles. The maximum absolute atomic E-state index is 12.9. The van der Waals surface area contributed by atoms with Gasteiger partial charge in [0.05, 0.1) is 30.4 Å². The van der Waals surface area contributed by atoms with Gasteiger partial charge in [0.2, 0.25) is 0 Å². The number of rotatable bonds is 4. The van der Waals surface area contributed by atoms with Gasteiger partial charge in [-0.2, -0.15) is 13.2 Å². The molecule has 164 valence electrons. The van der Waals surface area contributed by atoms with Crippen LogP contribution in [-0.4, -0.2) is 68.0 Å². The Morgan fingerprint density at radius 2 is 2.03 bits per heavy atom. The van der Waals surface area contributed by atoms with Gasteiger partial charge in [-0.05, 0) is 37.6 Å². The number of phenols is 1. The number of halogens is 3. The summed E-state index contributed by atoms with van der Waals surface area (Å²) in [5, 5.41) is 22.1. The van der Waals surface area contributed by atoms with Crippen molar-refractivity contribution in [3.8, 4) is 17.1 Å². The van der Waals surface area contributed by atoms with Crippen molar-refractivity contribution in [2.45, 2.75) is 31.1 Å². The fraction of sp³-hybridized carbons (Fsp3) is 0.450. The maximum Gasteiger partial charge on any atom is 0.416 e. The van der Waals surface area contributed by atoms with Crippen LogP contribution >= 0.6 is 0 Å². The monoisotopic (exact) mass is 434 g/mol. The SMILES string of the molecule is Oc1cc(C(F)(F)F)ccc1-c1nnc(N[C@@H]2CCCN(C3COC3)C2)c2nccn12. The summed E-state index contributed by atoms with van der Waals surface area (Å²) in [6.07, 6.45) is 0.705. The van der Waals surface area contributed by atoms with Crippen molar-refractivity contribution in [1.82, 2.24) is 24.5 Å². The van der Waals surface area contributed by atoms with Gasteiger partial charge in [0.15, 0.2) is 17.3 Å². The smallest absolute Gasteiger partial charge is 0.416 e. The molecule has 0 saturated carbocycles. The lowest BCUT2D eigenvalue weighted by Gasteiger charge is -2.42. The number of likely N-dealkylation sites (tertiary alicyclic amines) is 1. The molecule has 2 N–H and O–H groups in total. The molecule has 0 spiro atoms. The normalized spacial score (nSPS) is 20.7. The standard InChI is InChI=1S/C20H21F3N6O2/c21-20(22,23)12-3-4-15(16(30)8-12)18-27-26-17(19-24-5-7-29(18)19)25-13-2-1-6-28(9-13)14-10-31-11-14/h3-5,7-8,13-14,30H,1-2,6,9-11H2,(H,25,26)/t13-/m1/s1. The number of ether oxygens (including phenoxy) is 1. The van der Waals surface area contributed by atoms with Crippen molar-refractivity contribution in [1.29, 1.82) is 0 Å². The van der Waals surface area contributed by atoms with E-state index in [0.29, 0.717) is 23.6 Å². The first-order valence-electron chi connectivity index (χ1n) is 10.1. The number of aromatic hydroxyl groups is 1. The van der Waals surface area contributed by atoms with Gasteiger partial charge in [0, 0.05) is 25.0 Å². The van der Waals surface area contributed by atoms with Crippen molar-refractivity contribution in [2.75, 3.05) is 31.6 Å². The van der Waals surface area contributed by atoms with Gasteiger partial charge < -0.3 is 15.2 Å². The molecule has 0 amide bonds. The van der Waals surface area contributed by atoms with Crippen LogP contribution in [0.1, 0.15) is 18.4 Å². The van der Waals surface area contributed by atoms with E-state index in [1.807, 2.05) is 0 Å². The predicted molar refractivity (Wildman–Crippen MR) is 106 cm³/mol. The Morgan fingerprint density at radius 1 is 1.19 bits per heavy atom. The van der Waals surface area contributed by atoms with Crippen LogP contribution < -0.4 is 5.32 Å². The number of anilines is 1. The van der Waals surface area contributed by atoms with Crippen LogP contribution in [0.3, 0.4) is 0 Å². The highest BCUT2D eigenvalue weighted by Gasteiger charge is 2.32. The minimum atomic E-state index is -4.54. The van der Waals surface area contributed by atoms with Crippen LogP contribution in [0.5, 0.6) is 5.75 Å². The molecule has 31 heavy (non-hydrogen) atoms. The third-order valence-corrected chi connectivity index (χ3v) is 5.82. The first-order valence-corrected chi connectivity index (χ1v) is 10.1. The second-order valence-electron chi connectivity index (χ2n) is 7.89. The van der Waals surface area contributed by atoms with Gasteiger partial charge in [0.25, 0.3) is 0 Å². The van der Waals surface area contributed by atoms with E-state index < -0.39 is 17.5 Å². The lowest BCUT2D eigenvalue weighted by molar-refractivity contribution is -0.137. The lowest BCUT2D eigenvalue weighted by Crippen LogP contribution is -2.54.